The summed E-state index contributed by atoms with van der Waals surface area (Å²) in [4.78, 5) is 11.1. The van der Waals surface area contributed by atoms with Gasteiger partial charge in [0.2, 0.25) is 0 Å². The smallest absolute Gasteiger partial charge is 0.310 e. The van der Waals surface area contributed by atoms with E-state index in [2.05, 4.69) is 9.84 Å². The number of carbonyl (C=O) groups is 1. The summed E-state index contributed by atoms with van der Waals surface area (Å²) >= 11 is 0. The molecule has 0 unspecified atom stereocenters. The van der Waals surface area contributed by atoms with Crippen LogP contribution in [-0.2, 0) is 16.0 Å². The average Bonchev–Trinajstić information content (AvgIpc) is 2.78. The summed E-state index contributed by atoms with van der Waals surface area (Å²) in [6.45, 7) is 0. The van der Waals surface area contributed by atoms with Gasteiger partial charge in [-0.25, -0.2) is 4.68 Å². The molecule has 0 saturated heterocycles. The van der Waals surface area contributed by atoms with Gasteiger partial charge in [-0.3, -0.25) is 4.79 Å². The van der Waals surface area contributed by atoms with E-state index in [1.807, 2.05) is 36.5 Å². The first-order chi connectivity index (χ1) is 7.79. The highest BCUT2D eigenvalue weighted by Crippen LogP contribution is 2.08. The van der Waals surface area contributed by atoms with Gasteiger partial charge in [0.25, 0.3) is 0 Å². The Balaban J connectivity index is 2.17. The van der Waals surface area contributed by atoms with Crippen LogP contribution in [0.15, 0.2) is 42.7 Å². The highest BCUT2D eigenvalue weighted by Gasteiger charge is 2.05. The number of nitrogens with zero attached hydrogens (tertiary/aromatic N) is 2. The van der Waals surface area contributed by atoms with Crippen LogP contribution in [0.5, 0.6) is 0 Å². The first-order valence-electron chi connectivity index (χ1n) is 4.95. The normalized spacial score (nSPS) is 10.1. The molecule has 2 rings (SSSR count). The Hall–Kier alpha value is -2.10. The van der Waals surface area contributed by atoms with Gasteiger partial charge in [0.1, 0.15) is 0 Å². The van der Waals surface area contributed by atoms with E-state index in [4.69, 9.17) is 0 Å². The van der Waals surface area contributed by atoms with E-state index in [9.17, 15) is 4.79 Å². The number of hydrogen-bond acceptors (Lipinski definition) is 3. The molecule has 0 fully saturated rings. The Bertz CT molecular complexity index is 477. The molecule has 0 aliphatic rings. The zero-order valence-electron chi connectivity index (χ0n) is 8.96. The molecule has 0 aliphatic heterocycles. The fourth-order valence-electron chi connectivity index (χ4n) is 1.41. The van der Waals surface area contributed by atoms with Crippen molar-refractivity contribution in [1.82, 2.24) is 9.78 Å². The predicted octanol–water partition coefficient (Wildman–Crippen LogP) is 1.59. The van der Waals surface area contributed by atoms with Crippen LogP contribution < -0.4 is 0 Å². The molecule has 1 heterocycles. The minimum absolute atomic E-state index is 0.253. The molecule has 1 aromatic carbocycles. The molecule has 16 heavy (non-hydrogen) atoms. The third-order valence-electron chi connectivity index (χ3n) is 2.23. The third kappa shape index (κ3) is 2.28. The molecule has 2 aromatic rings. The highest BCUT2D eigenvalue weighted by molar-refractivity contribution is 5.72. The summed E-state index contributed by atoms with van der Waals surface area (Å²) in [6.07, 6.45) is 3.75. The summed E-state index contributed by atoms with van der Waals surface area (Å²) in [5.74, 6) is -0.257. The number of ether oxygens (including phenoxy) is 1. The van der Waals surface area contributed by atoms with Crippen LogP contribution in [0, 0.1) is 0 Å². The Morgan fingerprint density at radius 1 is 1.38 bits per heavy atom. The van der Waals surface area contributed by atoms with Crippen molar-refractivity contribution >= 4 is 5.97 Å². The minimum Gasteiger partial charge on any atom is -0.469 e. The van der Waals surface area contributed by atoms with Crippen molar-refractivity contribution in [2.45, 2.75) is 6.42 Å². The second kappa shape index (κ2) is 4.61. The Morgan fingerprint density at radius 3 is 2.81 bits per heavy atom. The largest absolute Gasteiger partial charge is 0.469 e. The lowest BCUT2D eigenvalue weighted by Crippen LogP contribution is -2.03. The Morgan fingerprint density at radius 2 is 2.12 bits per heavy atom. The van der Waals surface area contributed by atoms with Crippen LogP contribution in [0.1, 0.15) is 5.56 Å². The van der Waals surface area contributed by atoms with Gasteiger partial charge in [-0.05, 0) is 12.1 Å². The van der Waals surface area contributed by atoms with E-state index in [-0.39, 0.29) is 12.4 Å². The van der Waals surface area contributed by atoms with Gasteiger partial charge in [0, 0.05) is 11.8 Å². The van der Waals surface area contributed by atoms with Gasteiger partial charge < -0.3 is 4.74 Å². The van der Waals surface area contributed by atoms with E-state index in [0.29, 0.717) is 0 Å². The van der Waals surface area contributed by atoms with Crippen LogP contribution >= 0.6 is 0 Å². The van der Waals surface area contributed by atoms with E-state index in [1.165, 1.54) is 7.11 Å². The molecule has 4 nitrogen and oxygen atoms in total. The van der Waals surface area contributed by atoms with Crippen molar-refractivity contribution in [1.29, 1.82) is 0 Å². The van der Waals surface area contributed by atoms with Crippen molar-refractivity contribution in [3.63, 3.8) is 0 Å². The Kier molecular flexibility index (Phi) is 3.00. The maximum Gasteiger partial charge on any atom is 0.310 e. The maximum atomic E-state index is 11.1. The lowest BCUT2D eigenvalue weighted by molar-refractivity contribution is -0.139. The van der Waals surface area contributed by atoms with E-state index < -0.39 is 0 Å². The SMILES string of the molecule is COC(=O)Cc1cnn(-c2ccccc2)c1. The van der Waals surface area contributed by atoms with Crippen molar-refractivity contribution in [2.24, 2.45) is 0 Å². The van der Waals surface area contributed by atoms with Gasteiger partial charge >= 0.3 is 5.97 Å². The number of para-hydroxylation sites is 1. The summed E-state index contributed by atoms with van der Waals surface area (Å²) in [6, 6.07) is 9.74. The van der Waals surface area contributed by atoms with Crippen LogP contribution in [0.25, 0.3) is 5.69 Å². The molecule has 0 amide bonds. The number of rotatable bonds is 3. The molecule has 0 aliphatic carbocycles. The molecule has 0 radical (unpaired) electrons. The molecule has 0 N–H and O–H groups in total. The number of aromatic nitrogens is 2. The molecule has 82 valence electrons. The van der Waals surface area contributed by atoms with E-state index in [0.717, 1.165) is 11.3 Å². The van der Waals surface area contributed by atoms with Gasteiger partial charge in [-0.2, -0.15) is 5.10 Å². The molecule has 0 bridgehead atoms. The van der Waals surface area contributed by atoms with E-state index in [1.54, 1.807) is 10.9 Å². The average molecular weight is 216 g/mol. The lowest BCUT2D eigenvalue weighted by Gasteiger charge is -1.99. The minimum atomic E-state index is -0.257. The van der Waals surface area contributed by atoms with Crippen molar-refractivity contribution in [3.05, 3.63) is 48.3 Å². The van der Waals surface area contributed by atoms with Gasteiger partial charge in [0.15, 0.2) is 0 Å². The van der Waals surface area contributed by atoms with Crippen LogP contribution in [0.4, 0.5) is 0 Å². The first kappa shape index (κ1) is 10.4. The summed E-state index contributed by atoms with van der Waals surface area (Å²) in [5, 5.41) is 4.18. The first-order valence-corrected chi connectivity index (χ1v) is 4.95. The molecule has 4 heteroatoms. The molecule has 0 saturated carbocycles. The second-order valence-corrected chi connectivity index (χ2v) is 3.38. The number of carbonyl (C=O) groups excluding carboxylic acids is 1. The fraction of sp³-hybridized carbons (Fsp3) is 0.167. The standard InChI is InChI=1S/C12H12N2O2/c1-16-12(15)7-10-8-13-14(9-10)11-5-3-2-4-6-11/h2-6,8-9H,7H2,1H3. The van der Waals surface area contributed by atoms with E-state index >= 15 is 0 Å². The number of hydrogen-bond donors (Lipinski definition) is 0. The highest BCUT2D eigenvalue weighted by atomic mass is 16.5. The quantitative estimate of drug-likeness (QED) is 0.732. The second-order valence-electron chi connectivity index (χ2n) is 3.38. The molecule has 0 spiro atoms. The molecule has 1 aromatic heterocycles. The number of esters is 1. The number of benzene rings is 1. The molecular formula is C12H12N2O2. The van der Waals surface area contributed by atoms with Crippen molar-refractivity contribution in [2.75, 3.05) is 7.11 Å². The monoisotopic (exact) mass is 216 g/mol. The number of methoxy groups -OCH3 is 1. The van der Waals surface area contributed by atoms with Crippen LogP contribution in [0.3, 0.4) is 0 Å². The summed E-state index contributed by atoms with van der Waals surface area (Å²) < 4.78 is 6.33. The van der Waals surface area contributed by atoms with Crippen molar-refractivity contribution in [3.8, 4) is 5.69 Å². The third-order valence-corrected chi connectivity index (χ3v) is 2.23. The van der Waals surface area contributed by atoms with Crippen LogP contribution in [0.2, 0.25) is 0 Å². The van der Waals surface area contributed by atoms with Gasteiger partial charge in [-0.15, -0.1) is 0 Å². The van der Waals surface area contributed by atoms with Crippen molar-refractivity contribution < 1.29 is 9.53 Å². The predicted molar refractivity (Wildman–Crippen MR) is 59.3 cm³/mol. The van der Waals surface area contributed by atoms with Gasteiger partial charge in [-0.1, -0.05) is 18.2 Å². The maximum absolute atomic E-state index is 11.1. The lowest BCUT2D eigenvalue weighted by atomic mass is 10.2. The van der Waals surface area contributed by atoms with Gasteiger partial charge in [0.05, 0.1) is 25.4 Å². The summed E-state index contributed by atoms with van der Waals surface area (Å²) in [5.41, 5.74) is 1.81. The Labute approximate surface area is 93.5 Å². The zero-order chi connectivity index (χ0) is 11.4. The zero-order valence-corrected chi connectivity index (χ0v) is 8.96. The molecule has 0 atom stereocenters. The molecular weight excluding hydrogens is 204 g/mol. The summed E-state index contributed by atoms with van der Waals surface area (Å²) in [7, 11) is 1.38. The van der Waals surface area contributed by atoms with Crippen LogP contribution in [-0.4, -0.2) is 22.9 Å². The topological polar surface area (TPSA) is 44.1 Å². The fourth-order valence-corrected chi connectivity index (χ4v) is 1.41.